The number of hydrogen-bond acceptors (Lipinski definition) is 5. The van der Waals surface area contributed by atoms with Crippen LogP contribution in [-0.2, 0) is 22.4 Å². The van der Waals surface area contributed by atoms with Crippen molar-refractivity contribution in [3.63, 3.8) is 0 Å². The number of benzene rings is 1. The number of rotatable bonds is 4. The van der Waals surface area contributed by atoms with Gasteiger partial charge in [-0.3, -0.25) is 9.59 Å². The number of amides is 1. The summed E-state index contributed by atoms with van der Waals surface area (Å²) in [4.78, 5) is 42.2. The molecule has 1 aromatic carbocycles. The van der Waals surface area contributed by atoms with E-state index in [1.807, 2.05) is 6.07 Å². The second-order valence-corrected chi connectivity index (χ2v) is 6.72. The Morgan fingerprint density at radius 1 is 1.19 bits per heavy atom. The number of halogens is 1. The normalized spacial score (nSPS) is 15.0. The van der Waals surface area contributed by atoms with E-state index in [2.05, 4.69) is 4.98 Å². The summed E-state index contributed by atoms with van der Waals surface area (Å²) >= 11 is 5.68. The molecule has 0 saturated carbocycles. The molecule has 1 aromatic heterocycles. The molecule has 0 atom stereocenters. The molecule has 0 spiro atoms. The molecule has 7 heteroatoms. The van der Waals surface area contributed by atoms with Gasteiger partial charge in [-0.05, 0) is 48.2 Å². The molecular formula is C19H15ClN2O4. The van der Waals surface area contributed by atoms with Crippen LogP contribution in [0.25, 0.3) is 0 Å². The Labute approximate surface area is 154 Å². The summed E-state index contributed by atoms with van der Waals surface area (Å²) in [5.74, 6) is -0.852. The Kier molecular flexibility index (Phi) is 4.20. The Bertz CT molecular complexity index is 924. The smallest absolute Gasteiger partial charge is 0.340 e. The van der Waals surface area contributed by atoms with Gasteiger partial charge in [0.1, 0.15) is 5.15 Å². The van der Waals surface area contributed by atoms with Crippen LogP contribution >= 0.6 is 11.6 Å². The van der Waals surface area contributed by atoms with Gasteiger partial charge in [0.2, 0.25) is 5.91 Å². The molecule has 2 aliphatic rings. The van der Waals surface area contributed by atoms with Gasteiger partial charge < -0.3 is 9.64 Å². The lowest BCUT2D eigenvalue weighted by Crippen LogP contribution is -2.31. The number of carbonyl (C=O) groups excluding carboxylic acids is 3. The van der Waals surface area contributed by atoms with Gasteiger partial charge in [0.25, 0.3) is 0 Å². The van der Waals surface area contributed by atoms with Gasteiger partial charge >= 0.3 is 5.97 Å². The average Bonchev–Trinajstić information content (AvgIpc) is 2.97. The first kappa shape index (κ1) is 16.7. The van der Waals surface area contributed by atoms with Crippen LogP contribution in [0.15, 0.2) is 30.5 Å². The zero-order valence-corrected chi connectivity index (χ0v) is 14.6. The van der Waals surface area contributed by atoms with Crippen molar-refractivity contribution >= 4 is 34.9 Å². The third-order valence-electron chi connectivity index (χ3n) is 4.63. The van der Waals surface area contributed by atoms with Gasteiger partial charge in [0.05, 0.1) is 17.7 Å². The fraction of sp³-hybridized carbons (Fsp3) is 0.263. The first-order valence-electron chi connectivity index (χ1n) is 8.31. The Morgan fingerprint density at radius 2 is 2.00 bits per heavy atom. The maximum atomic E-state index is 12.5. The standard InChI is InChI=1S/C19H15ClN2O4/c20-16-4-3-12(9-21-16)19(25)26-10-15(23)13-6-11-2-1-5-22-17(24)8-14(7-13)18(11)22/h3-4,6-7,9H,1-2,5,8,10H2. The number of hydrogen-bond donors (Lipinski definition) is 0. The van der Waals surface area contributed by atoms with E-state index >= 15 is 0 Å². The van der Waals surface area contributed by atoms with Crippen LogP contribution in [0.4, 0.5) is 5.69 Å². The molecule has 0 saturated heterocycles. The number of ketones is 1. The molecular weight excluding hydrogens is 356 g/mol. The van der Waals surface area contributed by atoms with Gasteiger partial charge in [-0.2, -0.15) is 0 Å². The van der Waals surface area contributed by atoms with Crippen molar-refractivity contribution < 1.29 is 19.1 Å². The molecule has 1 amide bonds. The van der Waals surface area contributed by atoms with Gasteiger partial charge in [0, 0.05) is 18.3 Å². The van der Waals surface area contributed by atoms with E-state index in [0.717, 1.165) is 36.2 Å². The lowest BCUT2D eigenvalue weighted by Gasteiger charge is -2.25. The molecule has 0 fully saturated rings. The molecule has 3 heterocycles. The fourth-order valence-corrected chi connectivity index (χ4v) is 3.55. The summed E-state index contributed by atoms with van der Waals surface area (Å²) < 4.78 is 5.08. The molecule has 132 valence electrons. The Balaban J connectivity index is 1.49. The van der Waals surface area contributed by atoms with E-state index < -0.39 is 5.97 Å². The molecule has 6 nitrogen and oxygen atoms in total. The highest BCUT2D eigenvalue weighted by Gasteiger charge is 2.32. The van der Waals surface area contributed by atoms with Gasteiger partial charge in [0.15, 0.2) is 12.4 Å². The maximum Gasteiger partial charge on any atom is 0.340 e. The number of carbonyl (C=O) groups is 3. The summed E-state index contributed by atoms with van der Waals surface area (Å²) in [6, 6.07) is 6.52. The minimum absolute atomic E-state index is 0.0761. The number of Topliss-reactive ketones (excluding diaryl/α,β-unsaturated/α-hetero) is 1. The third-order valence-corrected chi connectivity index (χ3v) is 4.85. The zero-order valence-electron chi connectivity index (χ0n) is 13.8. The zero-order chi connectivity index (χ0) is 18.3. The monoisotopic (exact) mass is 370 g/mol. The third kappa shape index (κ3) is 2.97. The largest absolute Gasteiger partial charge is 0.454 e. The summed E-state index contributed by atoms with van der Waals surface area (Å²) in [6.07, 6.45) is 3.34. The number of pyridine rings is 1. The number of aryl methyl sites for hydroxylation is 1. The lowest BCUT2D eigenvalue weighted by molar-refractivity contribution is -0.117. The molecule has 0 N–H and O–H groups in total. The molecule has 0 radical (unpaired) electrons. The number of anilines is 1. The number of nitrogens with zero attached hydrogens (tertiary/aromatic N) is 2. The van der Waals surface area contributed by atoms with Gasteiger partial charge in [-0.15, -0.1) is 0 Å². The molecule has 26 heavy (non-hydrogen) atoms. The summed E-state index contributed by atoms with van der Waals surface area (Å²) in [7, 11) is 0. The summed E-state index contributed by atoms with van der Waals surface area (Å²) in [6.45, 7) is 0.371. The first-order valence-corrected chi connectivity index (χ1v) is 8.69. The van der Waals surface area contributed by atoms with Crippen LogP contribution in [0.3, 0.4) is 0 Å². The second-order valence-electron chi connectivity index (χ2n) is 6.34. The van der Waals surface area contributed by atoms with Crippen LogP contribution in [-0.4, -0.2) is 35.8 Å². The molecule has 2 aliphatic heterocycles. The van der Waals surface area contributed by atoms with Crippen LogP contribution in [0.5, 0.6) is 0 Å². The Hall–Kier alpha value is -2.73. The minimum atomic E-state index is -0.633. The topological polar surface area (TPSA) is 76.6 Å². The van der Waals surface area contributed by atoms with E-state index in [-0.39, 0.29) is 29.0 Å². The van der Waals surface area contributed by atoms with Crippen molar-refractivity contribution in [1.82, 2.24) is 4.98 Å². The van der Waals surface area contributed by atoms with E-state index in [9.17, 15) is 14.4 Å². The van der Waals surface area contributed by atoms with E-state index in [4.69, 9.17) is 16.3 Å². The van der Waals surface area contributed by atoms with Crippen molar-refractivity contribution in [2.24, 2.45) is 0 Å². The Morgan fingerprint density at radius 3 is 2.77 bits per heavy atom. The predicted molar refractivity (Wildman–Crippen MR) is 94.7 cm³/mol. The molecule has 0 bridgehead atoms. The second kappa shape index (κ2) is 6.53. The van der Waals surface area contributed by atoms with Crippen molar-refractivity contribution in [2.75, 3.05) is 18.1 Å². The summed E-state index contributed by atoms with van der Waals surface area (Å²) in [5, 5.41) is 0.272. The van der Waals surface area contributed by atoms with Crippen molar-refractivity contribution in [3.8, 4) is 0 Å². The van der Waals surface area contributed by atoms with Crippen molar-refractivity contribution in [1.29, 1.82) is 0 Å². The van der Waals surface area contributed by atoms with Gasteiger partial charge in [-0.1, -0.05) is 11.6 Å². The van der Waals surface area contributed by atoms with E-state index in [0.29, 0.717) is 12.0 Å². The van der Waals surface area contributed by atoms with Crippen LogP contribution in [0.2, 0.25) is 5.15 Å². The minimum Gasteiger partial charge on any atom is -0.454 e. The highest BCUT2D eigenvalue weighted by Crippen LogP contribution is 2.37. The van der Waals surface area contributed by atoms with Gasteiger partial charge in [-0.25, -0.2) is 9.78 Å². The molecule has 2 aromatic rings. The fourth-order valence-electron chi connectivity index (χ4n) is 3.43. The maximum absolute atomic E-state index is 12.5. The SMILES string of the molecule is O=C(COC(=O)c1ccc(Cl)nc1)c1cc2c3c(c1)CC(=O)N3CCC2. The predicted octanol–water partition coefficient (Wildman–Crippen LogP) is 2.61. The summed E-state index contributed by atoms with van der Waals surface area (Å²) in [5.41, 5.74) is 3.55. The van der Waals surface area contributed by atoms with Crippen LogP contribution in [0, 0.1) is 0 Å². The van der Waals surface area contributed by atoms with E-state index in [1.165, 1.54) is 18.3 Å². The molecule has 0 aliphatic carbocycles. The highest BCUT2D eigenvalue weighted by atomic mass is 35.5. The average molecular weight is 371 g/mol. The number of aromatic nitrogens is 1. The van der Waals surface area contributed by atoms with Crippen molar-refractivity contribution in [3.05, 3.63) is 57.9 Å². The first-order chi connectivity index (χ1) is 12.5. The quantitative estimate of drug-likeness (QED) is 0.469. The van der Waals surface area contributed by atoms with E-state index in [1.54, 1.807) is 11.0 Å². The number of esters is 1. The molecule has 4 rings (SSSR count). The lowest BCUT2D eigenvalue weighted by atomic mass is 9.95. The van der Waals surface area contributed by atoms with Crippen LogP contribution in [0.1, 0.15) is 38.3 Å². The molecule has 0 unspecified atom stereocenters. The van der Waals surface area contributed by atoms with Crippen molar-refractivity contribution in [2.45, 2.75) is 19.3 Å². The highest BCUT2D eigenvalue weighted by molar-refractivity contribution is 6.29. The number of ether oxygens (including phenoxy) is 1. The van der Waals surface area contributed by atoms with Crippen LogP contribution < -0.4 is 4.90 Å².